The van der Waals surface area contributed by atoms with Crippen molar-refractivity contribution in [2.45, 2.75) is 0 Å². The van der Waals surface area contributed by atoms with Gasteiger partial charge in [-0.15, -0.1) is 0 Å². The molecule has 0 aliphatic carbocycles. The predicted molar refractivity (Wildman–Crippen MR) is 72.3 cm³/mol. The lowest BCUT2D eigenvalue weighted by Gasteiger charge is -2.14. The molecule has 0 aliphatic rings. The van der Waals surface area contributed by atoms with Crippen LogP contribution in [0.4, 0.5) is 39.5 Å². The van der Waals surface area contributed by atoms with Crippen molar-refractivity contribution in [1.82, 2.24) is 0 Å². The maximum atomic E-state index is 14.5. The highest BCUT2D eigenvalue weighted by molar-refractivity contribution is 7.01. The van der Waals surface area contributed by atoms with E-state index in [1.807, 2.05) is 0 Å². The Balaban J connectivity index is 2.79. The van der Waals surface area contributed by atoms with Gasteiger partial charge in [0.25, 0.3) is 0 Å². The van der Waals surface area contributed by atoms with Crippen LogP contribution in [0.5, 0.6) is 0 Å². The van der Waals surface area contributed by atoms with Gasteiger partial charge in [0.05, 0.1) is 21.5 Å². The van der Waals surface area contributed by atoms with E-state index in [4.69, 9.17) is 9.07 Å². The molecule has 0 saturated heterocycles. The zero-order chi connectivity index (χ0) is 18.8. The van der Waals surface area contributed by atoms with Crippen molar-refractivity contribution in [3.05, 3.63) is 52.4 Å². The van der Waals surface area contributed by atoms with Crippen LogP contribution in [0, 0.1) is 52.4 Å². The van der Waals surface area contributed by atoms with Gasteiger partial charge in [-0.3, -0.25) is 0 Å². The smallest absolute Gasteiger partial charge is 0.335 e. The quantitative estimate of drug-likeness (QED) is 0.183. The summed E-state index contributed by atoms with van der Waals surface area (Å²) in [6, 6.07) is 0. The highest BCUT2D eigenvalue weighted by Gasteiger charge is 2.32. The van der Waals surface area contributed by atoms with Crippen molar-refractivity contribution in [2.75, 3.05) is 0 Å². The molecule has 0 heterocycles. The number of fused-ring (bicyclic) bond motifs is 2. The molecule has 11 heteroatoms. The molecule has 0 atom stereocenters. The normalized spacial score (nSPS) is 11.4. The van der Waals surface area contributed by atoms with Gasteiger partial charge in [-0.2, -0.15) is 0 Å². The Hall–Kier alpha value is -1.39. The zero-order valence-electron chi connectivity index (χ0n) is 11.5. The van der Waals surface area contributed by atoms with Crippen LogP contribution in [0.15, 0.2) is 0 Å². The molecule has 128 valence electrons. The summed E-state index contributed by atoms with van der Waals surface area (Å²) in [7, 11) is 5.36. The molecule has 3 rings (SSSR count). The minimum Gasteiger partial charge on any atom is -0.335 e. The van der Waals surface area contributed by atoms with Crippen molar-refractivity contribution < 1.29 is 39.5 Å². The molecule has 0 N–H and O–H groups in total. The van der Waals surface area contributed by atoms with Gasteiger partial charge in [0, 0.05) is 0 Å². The first-order valence-electron chi connectivity index (χ1n) is 6.32. The third kappa shape index (κ3) is 2.30. The van der Waals surface area contributed by atoms with Gasteiger partial charge < -0.3 is 9.07 Å². The second kappa shape index (κ2) is 6.10. The standard InChI is InChI=1S/C14F9.ClH.Mg/c15-2-1-3(16)8(17)5-4(2)9(18)6-7(10(5)19)12(21)14(23)13(22)11(6)20;;/h;1H;/q;;+1/p-1. The Morgan fingerprint density at radius 1 is 0.400 bits per heavy atom. The summed E-state index contributed by atoms with van der Waals surface area (Å²) in [6.45, 7) is 0. The first-order chi connectivity index (χ1) is 11.6. The van der Waals surface area contributed by atoms with Gasteiger partial charge in [-0.25, -0.2) is 39.5 Å². The topological polar surface area (TPSA) is 0 Å². The van der Waals surface area contributed by atoms with Crippen molar-refractivity contribution in [2.24, 2.45) is 0 Å². The highest BCUT2D eigenvalue weighted by Crippen LogP contribution is 2.38. The lowest BCUT2D eigenvalue weighted by molar-refractivity contribution is 0.414. The van der Waals surface area contributed by atoms with Crippen LogP contribution in [0.1, 0.15) is 0 Å². The number of benzene rings is 3. The van der Waals surface area contributed by atoms with E-state index in [0.29, 0.717) is 0 Å². The molecule has 0 aliphatic heterocycles. The maximum absolute atomic E-state index is 14.5. The number of hydrogen-bond donors (Lipinski definition) is 0. The Labute approximate surface area is 145 Å². The first kappa shape index (κ1) is 18.4. The molecule has 0 bridgehead atoms. The van der Waals surface area contributed by atoms with Gasteiger partial charge in [0.1, 0.15) is 23.3 Å². The first-order valence-corrected chi connectivity index (χ1v) is 9.17. The minimum atomic E-state index is -2.49. The van der Waals surface area contributed by atoms with Gasteiger partial charge in [-0.05, 0) is 0 Å². The molecule has 0 aromatic heterocycles. The van der Waals surface area contributed by atoms with Gasteiger partial charge in [-0.1, -0.05) is 3.69 Å². The predicted octanol–water partition coefficient (Wildman–Crippen LogP) is 4.73. The van der Waals surface area contributed by atoms with Crippen LogP contribution >= 0.6 is 9.07 Å². The van der Waals surface area contributed by atoms with Crippen molar-refractivity contribution in [1.29, 1.82) is 0 Å². The lowest BCUT2D eigenvalue weighted by atomic mass is 9.99. The summed E-state index contributed by atoms with van der Waals surface area (Å²) in [5, 5.41) is -6.85. The molecule has 0 saturated carbocycles. The summed E-state index contributed by atoms with van der Waals surface area (Å²) < 4.78 is 124. The number of rotatable bonds is 1. The Bertz CT molecular complexity index is 1080. The molecule has 0 nitrogen and oxygen atoms in total. The molecular formula is C14ClF9Mg. The summed E-state index contributed by atoms with van der Waals surface area (Å²) in [5.41, 5.74) is 0. The Morgan fingerprint density at radius 3 is 1.08 bits per heavy atom. The van der Waals surface area contributed by atoms with E-state index < -0.39 is 96.9 Å². The molecule has 3 aromatic rings. The van der Waals surface area contributed by atoms with Crippen molar-refractivity contribution >= 4 is 53.6 Å². The van der Waals surface area contributed by atoms with Crippen molar-refractivity contribution in [3.8, 4) is 0 Å². The minimum absolute atomic E-state index is 1.06. The van der Waals surface area contributed by atoms with E-state index in [1.165, 1.54) is 0 Å². The Morgan fingerprint density at radius 2 is 0.720 bits per heavy atom. The van der Waals surface area contributed by atoms with E-state index in [9.17, 15) is 39.5 Å². The largest absolute Gasteiger partial charge is 0.547 e. The summed E-state index contributed by atoms with van der Waals surface area (Å²) in [6.07, 6.45) is 0. The van der Waals surface area contributed by atoms with Crippen LogP contribution in [-0.2, 0) is 0 Å². The highest BCUT2D eigenvalue weighted by atomic mass is 35.5. The second-order valence-electron chi connectivity index (χ2n) is 4.94. The third-order valence-corrected chi connectivity index (χ3v) is 5.38. The van der Waals surface area contributed by atoms with Crippen LogP contribution in [0.2, 0.25) is 0 Å². The van der Waals surface area contributed by atoms with Crippen molar-refractivity contribution in [3.63, 3.8) is 0 Å². The molecule has 3 aromatic carbocycles. The van der Waals surface area contributed by atoms with E-state index in [2.05, 4.69) is 0 Å². The van der Waals surface area contributed by atoms with Gasteiger partial charge in [0.15, 0.2) is 29.1 Å². The maximum Gasteiger partial charge on any atom is 0.547 e. The Kier molecular flexibility index (Phi) is 4.49. The van der Waals surface area contributed by atoms with Crippen LogP contribution in [0.25, 0.3) is 21.5 Å². The fourth-order valence-corrected chi connectivity index (χ4v) is 3.80. The molecule has 0 unspecified atom stereocenters. The zero-order valence-corrected chi connectivity index (χ0v) is 13.7. The van der Waals surface area contributed by atoms with Crippen LogP contribution < -0.4 is 3.69 Å². The van der Waals surface area contributed by atoms with Gasteiger partial charge >= 0.3 is 19.3 Å². The summed E-state index contributed by atoms with van der Waals surface area (Å²) in [4.78, 5) is 0. The third-order valence-electron chi connectivity index (χ3n) is 3.69. The molecule has 0 amide bonds. The lowest BCUT2D eigenvalue weighted by Crippen LogP contribution is -2.22. The second-order valence-corrected chi connectivity index (χ2v) is 6.71. The molecule has 0 fully saturated rings. The number of halogens is 10. The average molecular weight is 399 g/mol. The van der Waals surface area contributed by atoms with Crippen LogP contribution in [-0.4, -0.2) is 19.3 Å². The molecular weight excluding hydrogens is 399 g/mol. The molecule has 0 spiro atoms. The molecule has 0 radical (unpaired) electrons. The average Bonchev–Trinajstić information content (AvgIpc) is 2.57. The van der Waals surface area contributed by atoms with E-state index in [1.54, 1.807) is 0 Å². The van der Waals surface area contributed by atoms with Gasteiger partial charge in [0.2, 0.25) is 0 Å². The fourth-order valence-electron chi connectivity index (χ4n) is 2.53. The van der Waals surface area contributed by atoms with E-state index in [0.717, 1.165) is 0 Å². The van der Waals surface area contributed by atoms with E-state index >= 15 is 0 Å². The molecule has 25 heavy (non-hydrogen) atoms. The SMILES string of the molecule is Fc1c(F)c(F)c2c(F)c3c(F)[c]([Mg][Cl])c(F)c(F)c3c(F)c2c1F. The van der Waals surface area contributed by atoms with Crippen LogP contribution in [0.3, 0.4) is 0 Å². The number of hydrogen-bond acceptors (Lipinski definition) is 0. The fraction of sp³-hybridized carbons (Fsp3) is 0. The monoisotopic (exact) mass is 398 g/mol. The van der Waals surface area contributed by atoms with E-state index in [-0.39, 0.29) is 0 Å². The summed E-state index contributed by atoms with van der Waals surface area (Å²) >= 11 is -2.30. The summed E-state index contributed by atoms with van der Waals surface area (Å²) in [5.74, 6) is -19.8.